The van der Waals surface area contributed by atoms with E-state index in [1.54, 1.807) is 20.8 Å². The second kappa shape index (κ2) is 9.15. The van der Waals surface area contributed by atoms with Crippen LogP contribution in [-0.4, -0.2) is 37.4 Å². The molecule has 0 saturated heterocycles. The van der Waals surface area contributed by atoms with Crippen molar-refractivity contribution in [2.45, 2.75) is 45.4 Å². The molecule has 1 aromatic carbocycles. The number of ether oxygens (including phenoxy) is 3. The van der Waals surface area contributed by atoms with Gasteiger partial charge in [-0.2, -0.15) is 0 Å². The zero-order valence-corrected chi connectivity index (χ0v) is 14.1. The molecule has 0 aliphatic carbocycles. The number of nitrogens with one attached hydrogen (secondary N) is 1. The van der Waals surface area contributed by atoms with Crippen LogP contribution in [0, 0.1) is 0 Å². The van der Waals surface area contributed by atoms with E-state index in [4.69, 9.17) is 14.2 Å². The summed E-state index contributed by atoms with van der Waals surface area (Å²) in [6.07, 6.45) is -0.348. The monoisotopic (exact) mass is 323 g/mol. The highest BCUT2D eigenvalue weighted by molar-refractivity contribution is 5.81. The van der Waals surface area contributed by atoms with Crippen molar-refractivity contribution in [3.63, 3.8) is 0 Å². The Hall–Kier alpha value is -2.08. The lowest BCUT2D eigenvalue weighted by Gasteiger charge is -2.22. The maximum atomic E-state index is 12.2. The molecule has 128 valence electrons. The van der Waals surface area contributed by atoms with Crippen molar-refractivity contribution >= 4 is 12.1 Å². The molecule has 0 aliphatic rings. The molecule has 0 fully saturated rings. The fourth-order valence-corrected chi connectivity index (χ4v) is 1.76. The van der Waals surface area contributed by atoms with Crippen LogP contribution in [0.25, 0.3) is 0 Å². The fraction of sp³-hybridized carbons (Fsp3) is 0.529. The summed E-state index contributed by atoms with van der Waals surface area (Å²) in [6.45, 7) is 5.74. The molecule has 0 aromatic heterocycles. The predicted octanol–water partition coefficient (Wildman–Crippen LogP) is 2.66. The number of benzene rings is 1. The van der Waals surface area contributed by atoms with E-state index in [9.17, 15) is 9.59 Å². The van der Waals surface area contributed by atoms with Crippen molar-refractivity contribution in [1.82, 2.24) is 5.32 Å². The van der Waals surface area contributed by atoms with Crippen LogP contribution in [0.1, 0.15) is 32.8 Å². The van der Waals surface area contributed by atoms with Gasteiger partial charge in [0.1, 0.15) is 18.2 Å². The van der Waals surface area contributed by atoms with E-state index in [1.807, 2.05) is 30.3 Å². The minimum absolute atomic E-state index is 0.152. The van der Waals surface area contributed by atoms with Gasteiger partial charge in [-0.15, -0.1) is 0 Å². The molecule has 0 radical (unpaired) electrons. The van der Waals surface area contributed by atoms with Crippen LogP contribution in [-0.2, 0) is 25.6 Å². The molecule has 0 spiro atoms. The molecule has 23 heavy (non-hydrogen) atoms. The molecule has 1 rings (SSSR count). The van der Waals surface area contributed by atoms with E-state index in [2.05, 4.69) is 5.32 Å². The van der Waals surface area contributed by atoms with Crippen molar-refractivity contribution in [3.05, 3.63) is 35.9 Å². The molecule has 1 aromatic rings. The summed E-state index contributed by atoms with van der Waals surface area (Å²) >= 11 is 0. The quantitative estimate of drug-likeness (QED) is 0.781. The Balaban J connectivity index is 2.57. The number of amides is 1. The number of alkyl carbamates (subject to hydrolysis) is 1. The minimum Gasteiger partial charge on any atom is -0.459 e. The zero-order chi connectivity index (χ0) is 17.3. The van der Waals surface area contributed by atoms with Crippen molar-refractivity contribution < 1.29 is 23.8 Å². The first-order valence-electron chi connectivity index (χ1n) is 7.51. The van der Waals surface area contributed by atoms with Gasteiger partial charge in [-0.25, -0.2) is 9.59 Å². The molecular weight excluding hydrogens is 298 g/mol. The van der Waals surface area contributed by atoms with Gasteiger partial charge >= 0.3 is 12.1 Å². The fourth-order valence-electron chi connectivity index (χ4n) is 1.76. The lowest BCUT2D eigenvalue weighted by Crippen LogP contribution is -2.44. The number of hydrogen-bond acceptors (Lipinski definition) is 5. The number of rotatable bonds is 7. The van der Waals surface area contributed by atoms with E-state index in [-0.39, 0.29) is 6.61 Å². The van der Waals surface area contributed by atoms with E-state index in [1.165, 1.54) is 7.11 Å². The van der Waals surface area contributed by atoms with Gasteiger partial charge < -0.3 is 19.5 Å². The Bertz CT molecular complexity index is 495. The van der Waals surface area contributed by atoms with Crippen LogP contribution in [0.4, 0.5) is 4.79 Å². The van der Waals surface area contributed by atoms with Gasteiger partial charge in [0.05, 0.1) is 0 Å². The van der Waals surface area contributed by atoms with Gasteiger partial charge in [-0.3, -0.25) is 0 Å². The highest BCUT2D eigenvalue weighted by Gasteiger charge is 2.25. The first-order valence-corrected chi connectivity index (χ1v) is 7.51. The highest BCUT2D eigenvalue weighted by atomic mass is 16.6. The largest absolute Gasteiger partial charge is 0.459 e. The van der Waals surface area contributed by atoms with Crippen molar-refractivity contribution in [3.8, 4) is 0 Å². The van der Waals surface area contributed by atoms with Gasteiger partial charge in [0, 0.05) is 20.1 Å². The van der Waals surface area contributed by atoms with Crippen LogP contribution in [0.5, 0.6) is 0 Å². The van der Waals surface area contributed by atoms with Crippen molar-refractivity contribution in [1.29, 1.82) is 0 Å². The molecule has 1 atom stereocenters. The topological polar surface area (TPSA) is 73.9 Å². The highest BCUT2D eigenvalue weighted by Crippen LogP contribution is 2.08. The third-order valence-electron chi connectivity index (χ3n) is 2.81. The Kier molecular flexibility index (Phi) is 7.54. The maximum absolute atomic E-state index is 12.2. The average Bonchev–Trinajstić information content (AvgIpc) is 2.48. The van der Waals surface area contributed by atoms with Crippen LogP contribution >= 0.6 is 0 Å². The van der Waals surface area contributed by atoms with Crippen LogP contribution in [0.3, 0.4) is 0 Å². The van der Waals surface area contributed by atoms with E-state index in [0.29, 0.717) is 13.0 Å². The molecule has 0 aliphatic heterocycles. The van der Waals surface area contributed by atoms with Crippen molar-refractivity contribution in [2.75, 3.05) is 13.7 Å². The molecule has 1 amide bonds. The Morgan fingerprint density at radius 1 is 1.17 bits per heavy atom. The third kappa shape index (κ3) is 8.21. The summed E-state index contributed by atoms with van der Waals surface area (Å²) in [5, 5.41) is 2.53. The summed E-state index contributed by atoms with van der Waals surface area (Å²) in [5.74, 6) is -0.517. The summed E-state index contributed by atoms with van der Waals surface area (Å²) in [7, 11) is 1.53. The second-order valence-corrected chi connectivity index (χ2v) is 6.07. The number of esters is 1. The summed E-state index contributed by atoms with van der Waals surface area (Å²) in [4.78, 5) is 24.0. The van der Waals surface area contributed by atoms with Gasteiger partial charge in [-0.05, 0) is 26.3 Å². The Morgan fingerprint density at radius 3 is 2.39 bits per heavy atom. The lowest BCUT2D eigenvalue weighted by molar-refractivity contribution is -0.148. The Labute approximate surface area is 137 Å². The summed E-state index contributed by atoms with van der Waals surface area (Å²) in [6, 6.07) is 8.53. The molecule has 0 bridgehead atoms. The van der Waals surface area contributed by atoms with Crippen molar-refractivity contribution in [2.24, 2.45) is 0 Å². The SMILES string of the molecule is COCCC(NC(=O)OC(C)(C)C)C(=O)OCc1ccccc1. The number of hydrogen-bond donors (Lipinski definition) is 1. The number of methoxy groups -OCH3 is 1. The first kappa shape index (κ1) is 19.0. The lowest BCUT2D eigenvalue weighted by atomic mass is 10.2. The van der Waals surface area contributed by atoms with E-state index >= 15 is 0 Å². The molecule has 6 heteroatoms. The predicted molar refractivity (Wildman–Crippen MR) is 85.9 cm³/mol. The number of carbonyl (C=O) groups is 2. The Morgan fingerprint density at radius 2 is 1.83 bits per heavy atom. The average molecular weight is 323 g/mol. The summed E-state index contributed by atoms with van der Waals surface area (Å²) in [5.41, 5.74) is 0.243. The standard InChI is InChI=1S/C17H25NO5/c1-17(2,3)23-16(20)18-14(10-11-21-4)15(19)22-12-13-8-6-5-7-9-13/h5-9,14H,10-12H2,1-4H3,(H,18,20). The number of carbonyl (C=O) groups excluding carboxylic acids is 2. The van der Waals surface area contributed by atoms with Gasteiger partial charge in [0.2, 0.25) is 0 Å². The second-order valence-electron chi connectivity index (χ2n) is 6.07. The normalized spacial score (nSPS) is 12.3. The molecule has 1 N–H and O–H groups in total. The zero-order valence-electron chi connectivity index (χ0n) is 14.1. The van der Waals surface area contributed by atoms with E-state index < -0.39 is 23.7 Å². The first-order chi connectivity index (χ1) is 10.8. The molecule has 1 unspecified atom stereocenters. The van der Waals surface area contributed by atoms with Crippen LogP contribution in [0.2, 0.25) is 0 Å². The van der Waals surface area contributed by atoms with Gasteiger partial charge in [-0.1, -0.05) is 30.3 Å². The smallest absolute Gasteiger partial charge is 0.408 e. The molecule has 0 saturated carbocycles. The third-order valence-corrected chi connectivity index (χ3v) is 2.81. The molecular formula is C17H25NO5. The summed E-state index contributed by atoms with van der Waals surface area (Å²) < 4.78 is 15.4. The van der Waals surface area contributed by atoms with Crippen LogP contribution < -0.4 is 5.32 Å². The molecule has 0 heterocycles. The van der Waals surface area contributed by atoms with Gasteiger partial charge in [0.15, 0.2) is 0 Å². The van der Waals surface area contributed by atoms with Crippen LogP contribution in [0.15, 0.2) is 30.3 Å². The maximum Gasteiger partial charge on any atom is 0.408 e. The van der Waals surface area contributed by atoms with E-state index in [0.717, 1.165) is 5.56 Å². The minimum atomic E-state index is -0.812. The van der Waals surface area contributed by atoms with Gasteiger partial charge in [0.25, 0.3) is 0 Å². The molecule has 6 nitrogen and oxygen atoms in total.